The van der Waals surface area contributed by atoms with Crippen molar-refractivity contribution in [3.05, 3.63) is 30.3 Å². The van der Waals surface area contributed by atoms with E-state index < -0.39 is 0 Å². The highest BCUT2D eigenvalue weighted by Gasteiger charge is 2.13. The van der Waals surface area contributed by atoms with Gasteiger partial charge in [-0.3, -0.25) is 9.15 Å². The van der Waals surface area contributed by atoms with Crippen molar-refractivity contribution in [2.24, 2.45) is 0 Å². The van der Waals surface area contributed by atoms with Crippen molar-refractivity contribution < 1.29 is 14.3 Å². The summed E-state index contributed by atoms with van der Waals surface area (Å²) in [5.41, 5.74) is 1.02. The lowest BCUT2D eigenvalue weighted by Gasteiger charge is -2.04. The number of hydrogen-bond acceptors (Lipinski definition) is 3. The lowest BCUT2D eigenvalue weighted by atomic mass is 10.1. The molecular weight excluding hydrogens is 168 g/mol. The van der Waals surface area contributed by atoms with Gasteiger partial charge in [0.25, 0.3) is 5.58 Å². The number of benzene rings is 2. The van der Waals surface area contributed by atoms with Gasteiger partial charge in [0, 0.05) is 5.39 Å². The third kappa shape index (κ3) is 0.731. The van der Waals surface area contributed by atoms with Crippen LogP contribution in [0.5, 0.6) is 5.75 Å². The molecule has 0 aliphatic carbocycles. The predicted molar refractivity (Wildman–Crippen MR) is 47.7 cm³/mol. The summed E-state index contributed by atoms with van der Waals surface area (Å²) >= 11 is 0. The maximum atomic E-state index is 9.69. The van der Waals surface area contributed by atoms with E-state index in [9.17, 15) is 5.11 Å². The highest BCUT2D eigenvalue weighted by molar-refractivity contribution is 6.00. The topological polar surface area (TPSA) is 46.5 Å². The van der Waals surface area contributed by atoms with E-state index in [1.165, 1.54) is 0 Å². The first kappa shape index (κ1) is 6.60. The average molecular weight is 174 g/mol. The smallest absolute Gasteiger partial charge is 0.267 e. The summed E-state index contributed by atoms with van der Waals surface area (Å²) in [5.74, 6) is 0.152. The highest BCUT2D eigenvalue weighted by Crippen LogP contribution is 2.35. The molecule has 0 spiro atoms. The van der Waals surface area contributed by atoms with Crippen LogP contribution in [0.1, 0.15) is 0 Å². The van der Waals surface area contributed by atoms with Crippen LogP contribution in [-0.4, -0.2) is 5.11 Å². The first-order valence-electron chi connectivity index (χ1n) is 3.95. The second kappa shape index (κ2) is 2.07. The molecule has 3 nitrogen and oxygen atoms in total. The van der Waals surface area contributed by atoms with Gasteiger partial charge in [0.1, 0.15) is 0 Å². The molecule has 1 heterocycles. The third-order valence-electron chi connectivity index (χ3n) is 2.16. The van der Waals surface area contributed by atoms with Gasteiger partial charge in [0.15, 0.2) is 5.75 Å². The second-order valence-corrected chi connectivity index (χ2v) is 2.94. The molecule has 3 aromatic rings. The molecule has 0 fully saturated rings. The van der Waals surface area contributed by atoms with E-state index in [0.29, 0.717) is 11.2 Å². The molecule has 3 rings (SSSR count). The molecular formula is C10H6O3. The summed E-state index contributed by atoms with van der Waals surface area (Å²) in [7, 11) is 0. The summed E-state index contributed by atoms with van der Waals surface area (Å²) in [6, 6.07) is 9.37. The Balaban J connectivity index is 2.60. The van der Waals surface area contributed by atoms with Crippen LogP contribution in [0.4, 0.5) is 0 Å². The molecule has 0 saturated carbocycles. The van der Waals surface area contributed by atoms with Crippen molar-refractivity contribution in [2.75, 3.05) is 0 Å². The van der Waals surface area contributed by atoms with Crippen molar-refractivity contribution in [2.45, 2.75) is 0 Å². The van der Waals surface area contributed by atoms with Crippen molar-refractivity contribution in [1.82, 2.24) is 0 Å². The van der Waals surface area contributed by atoms with E-state index in [2.05, 4.69) is 4.58 Å². The maximum Gasteiger partial charge on any atom is 0.267 e. The Morgan fingerprint density at radius 1 is 1.08 bits per heavy atom. The number of aromatic hydroxyl groups is 1. The lowest BCUT2D eigenvalue weighted by Crippen LogP contribution is -1.80. The summed E-state index contributed by atoms with van der Waals surface area (Å²) in [6.45, 7) is 0. The van der Waals surface area contributed by atoms with Gasteiger partial charge in [-0.1, -0.05) is 24.3 Å². The van der Waals surface area contributed by atoms with Gasteiger partial charge >= 0.3 is 0 Å². The zero-order valence-electron chi connectivity index (χ0n) is 6.65. The summed E-state index contributed by atoms with van der Waals surface area (Å²) < 4.78 is 9.37. The van der Waals surface area contributed by atoms with Gasteiger partial charge in [-0.05, 0) is 11.5 Å². The van der Waals surface area contributed by atoms with E-state index in [4.69, 9.17) is 4.58 Å². The van der Waals surface area contributed by atoms with Crippen LogP contribution < -0.4 is 0 Å². The van der Waals surface area contributed by atoms with Crippen LogP contribution in [0.25, 0.3) is 21.9 Å². The van der Waals surface area contributed by atoms with Crippen molar-refractivity contribution in [1.29, 1.82) is 0 Å². The van der Waals surface area contributed by atoms with E-state index in [1.54, 1.807) is 0 Å². The van der Waals surface area contributed by atoms with Gasteiger partial charge < -0.3 is 5.11 Å². The van der Waals surface area contributed by atoms with E-state index in [-0.39, 0.29) is 5.75 Å². The van der Waals surface area contributed by atoms with Crippen LogP contribution in [0.15, 0.2) is 39.5 Å². The van der Waals surface area contributed by atoms with Crippen LogP contribution in [0.2, 0.25) is 0 Å². The van der Waals surface area contributed by atoms with Crippen LogP contribution in [-0.2, 0) is 0 Å². The Bertz CT molecular complexity index is 574. The highest BCUT2D eigenvalue weighted by atomic mass is 17.0. The van der Waals surface area contributed by atoms with Crippen molar-refractivity contribution in [3.8, 4) is 5.75 Å². The molecule has 0 aliphatic rings. The standard InChI is InChI=1S/C10H6O3/c11-9-7-4-2-1-3-6(7)5-8-10(9)13-12-8/h1-5,11H. The number of hydrogen-bond donors (Lipinski definition) is 1. The number of phenols is 1. The summed E-state index contributed by atoms with van der Waals surface area (Å²) in [4.78, 5) is 0. The van der Waals surface area contributed by atoms with Crippen molar-refractivity contribution in [3.63, 3.8) is 0 Å². The zero-order chi connectivity index (χ0) is 8.84. The monoisotopic (exact) mass is 174 g/mol. The zero-order valence-corrected chi connectivity index (χ0v) is 6.65. The molecule has 0 radical (unpaired) electrons. The predicted octanol–water partition coefficient (Wildman–Crippen LogP) is 2.88. The van der Waals surface area contributed by atoms with Crippen LogP contribution >= 0.6 is 0 Å². The first-order chi connectivity index (χ1) is 6.36. The van der Waals surface area contributed by atoms with Crippen LogP contribution in [0, 0.1) is 0 Å². The number of rotatable bonds is 0. The number of phenolic OH excluding ortho intramolecular Hbond substituents is 1. The molecule has 2 aromatic carbocycles. The first-order valence-corrected chi connectivity index (χ1v) is 3.95. The van der Waals surface area contributed by atoms with E-state index in [1.807, 2.05) is 30.3 Å². The molecule has 0 aliphatic heterocycles. The minimum atomic E-state index is 0.152. The van der Waals surface area contributed by atoms with Gasteiger partial charge in [0.2, 0.25) is 5.58 Å². The normalized spacial score (nSPS) is 11.4. The fourth-order valence-electron chi connectivity index (χ4n) is 1.48. The number of fused-ring (bicyclic) bond motifs is 2. The molecule has 0 amide bonds. The molecule has 64 valence electrons. The molecule has 0 unspecified atom stereocenters. The molecule has 1 N–H and O–H groups in total. The average Bonchev–Trinajstić information content (AvgIpc) is 2.11. The summed E-state index contributed by atoms with van der Waals surface area (Å²) in [6.07, 6.45) is 0. The van der Waals surface area contributed by atoms with Gasteiger partial charge in [0.05, 0.1) is 0 Å². The van der Waals surface area contributed by atoms with Crippen LogP contribution in [0.3, 0.4) is 0 Å². The minimum Gasteiger partial charge on any atom is -0.504 e. The molecule has 0 atom stereocenters. The fourth-order valence-corrected chi connectivity index (χ4v) is 1.48. The van der Waals surface area contributed by atoms with E-state index in [0.717, 1.165) is 10.8 Å². The minimum absolute atomic E-state index is 0.152. The van der Waals surface area contributed by atoms with Gasteiger partial charge in [-0.2, -0.15) is 0 Å². The van der Waals surface area contributed by atoms with E-state index >= 15 is 0 Å². The molecule has 13 heavy (non-hydrogen) atoms. The fraction of sp³-hybridized carbons (Fsp3) is 0. The Morgan fingerprint density at radius 2 is 1.92 bits per heavy atom. The summed E-state index contributed by atoms with van der Waals surface area (Å²) in [5, 5.41) is 11.4. The molecule has 1 aromatic heterocycles. The van der Waals surface area contributed by atoms with Crippen molar-refractivity contribution >= 4 is 21.9 Å². The second-order valence-electron chi connectivity index (χ2n) is 2.94. The quantitative estimate of drug-likeness (QED) is 0.533. The Labute approximate surface area is 73.1 Å². The lowest BCUT2D eigenvalue weighted by molar-refractivity contribution is 0.0569. The Morgan fingerprint density at radius 3 is 2.69 bits per heavy atom. The maximum absolute atomic E-state index is 9.69. The molecule has 0 saturated heterocycles. The largest absolute Gasteiger partial charge is 0.504 e. The van der Waals surface area contributed by atoms with Gasteiger partial charge in [-0.15, -0.1) is 0 Å². The Kier molecular flexibility index (Phi) is 1.05. The SMILES string of the molecule is Oc1c2ccccc2cc2ooc12. The third-order valence-corrected chi connectivity index (χ3v) is 2.16. The molecule has 0 bridgehead atoms. The van der Waals surface area contributed by atoms with Gasteiger partial charge in [-0.25, -0.2) is 0 Å². The molecule has 3 heteroatoms. The Hall–Kier alpha value is -1.90.